The summed E-state index contributed by atoms with van der Waals surface area (Å²) in [6, 6.07) is 10.3. The predicted octanol–water partition coefficient (Wildman–Crippen LogP) is 2.67. The van der Waals surface area contributed by atoms with E-state index in [1.807, 2.05) is 0 Å². The zero-order valence-electron chi connectivity index (χ0n) is 9.82. The monoisotopic (exact) mass is 275 g/mol. The van der Waals surface area contributed by atoms with Crippen LogP contribution >= 0.6 is 11.6 Å². The van der Waals surface area contributed by atoms with Crippen LogP contribution in [0, 0.1) is 0 Å². The second kappa shape index (κ2) is 4.78. The highest BCUT2D eigenvalue weighted by Gasteiger charge is 2.08. The molecule has 0 unspecified atom stereocenters. The van der Waals surface area contributed by atoms with Gasteiger partial charge in [-0.1, -0.05) is 23.7 Å². The van der Waals surface area contributed by atoms with Crippen LogP contribution in [-0.2, 0) is 6.61 Å². The van der Waals surface area contributed by atoms with Crippen molar-refractivity contribution in [3.05, 3.63) is 53.4 Å². The van der Waals surface area contributed by atoms with Gasteiger partial charge in [0, 0.05) is 6.20 Å². The zero-order valence-corrected chi connectivity index (χ0v) is 10.6. The SMILES string of the molecule is Oc1ccccc1OCc1nc2c(Cl)cccn2n1. The van der Waals surface area contributed by atoms with Crippen LogP contribution in [0.1, 0.15) is 5.82 Å². The molecule has 0 bridgehead atoms. The summed E-state index contributed by atoms with van der Waals surface area (Å²) in [4.78, 5) is 4.27. The standard InChI is InChI=1S/C13H10ClN3O2/c14-9-4-3-7-17-13(9)15-12(16-17)8-19-11-6-2-1-5-10(11)18/h1-7,18H,8H2. The average Bonchev–Trinajstić information content (AvgIpc) is 2.82. The maximum atomic E-state index is 9.58. The molecule has 96 valence electrons. The van der Waals surface area contributed by atoms with Gasteiger partial charge in [0.05, 0.1) is 5.02 Å². The summed E-state index contributed by atoms with van der Waals surface area (Å²) in [5, 5.41) is 14.3. The highest BCUT2D eigenvalue weighted by molar-refractivity contribution is 6.33. The molecule has 0 amide bonds. The van der Waals surface area contributed by atoms with Crippen LogP contribution in [0.4, 0.5) is 0 Å². The second-order valence-corrected chi connectivity index (χ2v) is 4.32. The summed E-state index contributed by atoms with van der Waals surface area (Å²) in [6.07, 6.45) is 1.76. The second-order valence-electron chi connectivity index (χ2n) is 3.91. The lowest BCUT2D eigenvalue weighted by Crippen LogP contribution is -1.98. The van der Waals surface area contributed by atoms with Crippen molar-refractivity contribution in [2.24, 2.45) is 0 Å². The molecule has 19 heavy (non-hydrogen) atoms. The first-order chi connectivity index (χ1) is 9.24. The highest BCUT2D eigenvalue weighted by Crippen LogP contribution is 2.25. The Balaban J connectivity index is 1.83. The molecule has 2 aromatic heterocycles. The number of para-hydroxylation sites is 2. The van der Waals surface area contributed by atoms with Crippen LogP contribution in [-0.4, -0.2) is 19.7 Å². The van der Waals surface area contributed by atoms with E-state index in [-0.39, 0.29) is 12.4 Å². The molecule has 3 aromatic rings. The Morgan fingerprint density at radius 1 is 1.21 bits per heavy atom. The molecule has 0 aliphatic heterocycles. The summed E-state index contributed by atoms with van der Waals surface area (Å²) in [5.41, 5.74) is 0.583. The molecule has 0 atom stereocenters. The summed E-state index contributed by atoms with van der Waals surface area (Å²) < 4.78 is 7.05. The van der Waals surface area contributed by atoms with E-state index in [0.29, 0.717) is 22.2 Å². The van der Waals surface area contributed by atoms with Crippen molar-refractivity contribution in [2.75, 3.05) is 0 Å². The zero-order chi connectivity index (χ0) is 13.2. The number of fused-ring (bicyclic) bond motifs is 1. The van der Waals surface area contributed by atoms with Crippen LogP contribution < -0.4 is 4.74 Å². The maximum Gasteiger partial charge on any atom is 0.189 e. The molecule has 0 saturated heterocycles. The number of ether oxygens (including phenoxy) is 1. The minimum Gasteiger partial charge on any atom is -0.504 e. The summed E-state index contributed by atoms with van der Waals surface area (Å²) in [7, 11) is 0. The van der Waals surface area contributed by atoms with Crippen LogP contribution in [0.2, 0.25) is 5.02 Å². The van der Waals surface area contributed by atoms with Crippen molar-refractivity contribution in [2.45, 2.75) is 6.61 Å². The van der Waals surface area contributed by atoms with Gasteiger partial charge in [0.25, 0.3) is 0 Å². The fourth-order valence-electron chi connectivity index (χ4n) is 1.70. The van der Waals surface area contributed by atoms with E-state index in [1.54, 1.807) is 47.1 Å². The minimum atomic E-state index is 0.0873. The van der Waals surface area contributed by atoms with Gasteiger partial charge in [-0.25, -0.2) is 9.50 Å². The van der Waals surface area contributed by atoms with Gasteiger partial charge in [0.2, 0.25) is 0 Å². The van der Waals surface area contributed by atoms with Gasteiger partial charge >= 0.3 is 0 Å². The smallest absolute Gasteiger partial charge is 0.189 e. The normalized spacial score (nSPS) is 10.8. The van der Waals surface area contributed by atoms with Gasteiger partial charge in [-0.3, -0.25) is 0 Å². The Morgan fingerprint density at radius 3 is 2.84 bits per heavy atom. The van der Waals surface area contributed by atoms with Crippen LogP contribution in [0.5, 0.6) is 11.5 Å². The van der Waals surface area contributed by atoms with Crippen molar-refractivity contribution in [1.29, 1.82) is 0 Å². The van der Waals surface area contributed by atoms with Crippen molar-refractivity contribution in [3.63, 3.8) is 0 Å². The summed E-state index contributed by atoms with van der Waals surface area (Å²) in [6.45, 7) is 0.162. The van der Waals surface area contributed by atoms with E-state index in [4.69, 9.17) is 16.3 Å². The lowest BCUT2D eigenvalue weighted by Gasteiger charge is -2.04. The third-order valence-corrected chi connectivity index (χ3v) is 2.88. The largest absolute Gasteiger partial charge is 0.504 e. The third kappa shape index (κ3) is 2.32. The predicted molar refractivity (Wildman–Crippen MR) is 70.4 cm³/mol. The lowest BCUT2D eigenvalue weighted by molar-refractivity contribution is 0.280. The van der Waals surface area contributed by atoms with E-state index in [2.05, 4.69) is 10.1 Å². The maximum absolute atomic E-state index is 9.58. The molecule has 1 N–H and O–H groups in total. The summed E-state index contributed by atoms with van der Waals surface area (Å²) in [5.74, 6) is 0.980. The molecule has 6 heteroatoms. The molecular formula is C13H10ClN3O2. The molecule has 0 aliphatic rings. The molecule has 1 aromatic carbocycles. The molecule has 0 saturated carbocycles. The Kier molecular flexibility index (Phi) is 2.97. The number of halogens is 1. The van der Waals surface area contributed by atoms with Crippen molar-refractivity contribution < 1.29 is 9.84 Å². The van der Waals surface area contributed by atoms with Gasteiger partial charge in [-0.05, 0) is 24.3 Å². The topological polar surface area (TPSA) is 59.7 Å². The number of aromatic nitrogens is 3. The van der Waals surface area contributed by atoms with E-state index >= 15 is 0 Å². The van der Waals surface area contributed by atoms with Crippen molar-refractivity contribution in [3.8, 4) is 11.5 Å². The first-order valence-corrected chi connectivity index (χ1v) is 6.02. The number of phenolic OH excluding ortho intramolecular Hbond substituents is 1. The van der Waals surface area contributed by atoms with Crippen molar-refractivity contribution >= 4 is 17.2 Å². The molecule has 3 rings (SSSR count). The van der Waals surface area contributed by atoms with E-state index in [9.17, 15) is 5.11 Å². The first-order valence-electron chi connectivity index (χ1n) is 5.64. The number of hydrogen-bond donors (Lipinski definition) is 1. The van der Waals surface area contributed by atoms with E-state index < -0.39 is 0 Å². The molecule has 5 nitrogen and oxygen atoms in total. The molecule has 2 heterocycles. The number of pyridine rings is 1. The number of aromatic hydroxyl groups is 1. The molecular weight excluding hydrogens is 266 g/mol. The fraction of sp³-hybridized carbons (Fsp3) is 0.0769. The number of hydrogen-bond acceptors (Lipinski definition) is 4. The molecule has 0 radical (unpaired) electrons. The van der Waals surface area contributed by atoms with E-state index in [1.165, 1.54) is 0 Å². The van der Waals surface area contributed by atoms with Crippen LogP contribution in [0.15, 0.2) is 42.6 Å². The number of nitrogens with zero attached hydrogens (tertiary/aromatic N) is 3. The number of rotatable bonds is 3. The number of phenols is 1. The van der Waals surface area contributed by atoms with Crippen LogP contribution in [0.25, 0.3) is 5.65 Å². The first kappa shape index (κ1) is 11.8. The van der Waals surface area contributed by atoms with Gasteiger partial charge in [0.15, 0.2) is 23.0 Å². The average molecular weight is 276 g/mol. The Hall–Kier alpha value is -2.27. The lowest BCUT2D eigenvalue weighted by atomic mass is 10.3. The Morgan fingerprint density at radius 2 is 2.05 bits per heavy atom. The van der Waals surface area contributed by atoms with E-state index in [0.717, 1.165) is 0 Å². The van der Waals surface area contributed by atoms with Gasteiger partial charge in [-0.15, -0.1) is 5.10 Å². The van der Waals surface area contributed by atoms with Gasteiger partial charge in [-0.2, -0.15) is 0 Å². The quantitative estimate of drug-likeness (QED) is 0.798. The molecule has 0 fully saturated rings. The Labute approximate surface area is 114 Å². The third-order valence-electron chi connectivity index (χ3n) is 2.58. The number of benzene rings is 1. The minimum absolute atomic E-state index is 0.0873. The van der Waals surface area contributed by atoms with Crippen LogP contribution in [0.3, 0.4) is 0 Å². The fourth-order valence-corrected chi connectivity index (χ4v) is 1.90. The highest BCUT2D eigenvalue weighted by atomic mass is 35.5. The van der Waals surface area contributed by atoms with Gasteiger partial charge in [0.1, 0.15) is 6.61 Å². The Bertz CT molecular complexity index is 727. The van der Waals surface area contributed by atoms with Gasteiger partial charge < -0.3 is 9.84 Å². The summed E-state index contributed by atoms with van der Waals surface area (Å²) >= 11 is 6.01. The molecule has 0 aliphatic carbocycles. The van der Waals surface area contributed by atoms with Crippen molar-refractivity contribution in [1.82, 2.24) is 14.6 Å². The molecule has 0 spiro atoms.